The fourth-order valence-corrected chi connectivity index (χ4v) is 4.56. The number of halogens is 3. The summed E-state index contributed by atoms with van der Waals surface area (Å²) in [6.45, 7) is 3.88. The highest BCUT2D eigenvalue weighted by Crippen LogP contribution is 2.34. The maximum atomic E-state index is 13.3. The number of anilines is 1. The van der Waals surface area contributed by atoms with Crippen LogP contribution in [-0.2, 0) is 11.9 Å². The Balaban J connectivity index is 1.49. The van der Waals surface area contributed by atoms with Crippen molar-refractivity contribution in [1.82, 2.24) is 15.3 Å². The quantitative estimate of drug-likeness (QED) is 0.454. The Hall–Kier alpha value is -2.10. The smallest absolute Gasteiger partial charge is 0.369 e. The van der Waals surface area contributed by atoms with E-state index in [4.69, 9.17) is 0 Å². The maximum Gasteiger partial charge on any atom is 0.433 e. The average molecular weight is 437 g/mol. The van der Waals surface area contributed by atoms with Crippen molar-refractivity contribution in [3.05, 3.63) is 59.1 Å². The van der Waals surface area contributed by atoms with Crippen LogP contribution in [0.5, 0.6) is 0 Å². The van der Waals surface area contributed by atoms with Gasteiger partial charge < -0.3 is 10.2 Å². The molecule has 1 N–H and O–H groups in total. The van der Waals surface area contributed by atoms with Crippen LogP contribution >= 0.6 is 23.1 Å². The summed E-state index contributed by atoms with van der Waals surface area (Å²) >= 11 is 2.57. The highest BCUT2D eigenvalue weighted by Gasteiger charge is 2.34. The molecule has 4 nitrogen and oxygen atoms in total. The number of aromatic nitrogens is 2. The minimum absolute atomic E-state index is 0.134. The molecule has 29 heavy (non-hydrogen) atoms. The number of benzene rings is 1. The first-order chi connectivity index (χ1) is 14.0. The number of alkyl halides is 3. The van der Waals surface area contributed by atoms with E-state index >= 15 is 0 Å². The van der Waals surface area contributed by atoms with Gasteiger partial charge in [0.15, 0.2) is 5.16 Å². The van der Waals surface area contributed by atoms with E-state index in [9.17, 15) is 13.2 Å². The van der Waals surface area contributed by atoms with E-state index in [-0.39, 0.29) is 5.16 Å². The van der Waals surface area contributed by atoms with Gasteiger partial charge in [-0.3, -0.25) is 0 Å². The Morgan fingerprint density at radius 2 is 1.83 bits per heavy atom. The Kier molecular flexibility index (Phi) is 6.07. The lowest BCUT2D eigenvalue weighted by atomic mass is 10.2. The van der Waals surface area contributed by atoms with Gasteiger partial charge in [-0.15, -0.1) is 11.3 Å². The lowest BCUT2D eigenvalue weighted by Gasteiger charge is -2.29. The summed E-state index contributed by atoms with van der Waals surface area (Å²) in [4.78, 5) is 11.1. The Morgan fingerprint density at radius 3 is 2.48 bits per heavy atom. The number of thiophene rings is 1. The van der Waals surface area contributed by atoms with E-state index in [0.717, 1.165) is 43.5 Å². The molecular formula is C20H19F3N4S2. The van der Waals surface area contributed by atoms with Crippen LogP contribution < -0.4 is 10.2 Å². The molecule has 1 saturated heterocycles. The molecule has 0 aliphatic carbocycles. The van der Waals surface area contributed by atoms with Crippen molar-refractivity contribution in [2.45, 2.75) is 17.1 Å². The van der Waals surface area contributed by atoms with E-state index in [1.54, 1.807) is 12.1 Å². The van der Waals surface area contributed by atoms with Crippen LogP contribution in [-0.4, -0.2) is 36.1 Å². The molecule has 1 aliphatic heterocycles. The lowest BCUT2D eigenvalue weighted by Crippen LogP contribution is -2.43. The van der Waals surface area contributed by atoms with Gasteiger partial charge in [0.25, 0.3) is 0 Å². The van der Waals surface area contributed by atoms with Gasteiger partial charge in [0.2, 0.25) is 0 Å². The molecule has 9 heteroatoms. The predicted molar refractivity (Wildman–Crippen MR) is 111 cm³/mol. The van der Waals surface area contributed by atoms with Crippen LogP contribution in [0.1, 0.15) is 11.3 Å². The van der Waals surface area contributed by atoms with E-state index < -0.39 is 11.9 Å². The third-order valence-corrected chi connectivity index (χ3v) is 6.37. The molecule has 4 rings (SSSR count). The minimum atomic E-state index is -4.50. The third-order valence-electron chi connectivity index (χ3n) is 4.56. The molecule has 1 aliphatic rings. The minimum Gasteiger partial charge on any atom is -0.369 e. The number of nitrogens with one attached hydrogen (secondary N) is 1. The van der Waals surface area contributed by atoms with Crippen molar-refractivity contribution in [3.63, 3.8) is 0 Å². The van der Waals surface area contributed by atoms with Gasteiger partial charge in [-0.05, 0) is 35.2 Å². The highest BCUT2D eigenvalue weighted by atomic mass is 32.2. The fourth-order valence-electron chi connectivity index (χ4n) is 3.06. The third kappa shape index (κ3) is 5.09. The molecule has 0 radical (unpaired) electrons. The topological polar surface area (TPSA) is 41.1 Å². The summed E-state index contributed by atoms with van der Waals surface area (Å²) in [5.41, 5.74) is 1.58. The van der Waals surface area contributed by atoms with Crippen molar-refractivity contribution in [2.75, 3.05) is 31.1 Å². The van der Waals surface area contributed by atoms with Gasteiger partial charge in [-0.25, -0.2) is 9.97 Å². The molecule has 0 spiro atoms. The molecule has 1 fully saturated rings. The average Bonchev–Trinajstić information content (AvgIpc) is 3.27. The number of hydrogen-bond acceptors (Lipinski definition) is 6. The lowest BCUT2D eigenvalue weighted by molar-refractivity contribution is -0.141. The Labute approximate surface area is 175 Å². The summed E-state index contributed by atoms with van der Waals surface area (Å²) in [6.07, 6.45) is -4.50. The standard InChI is InChI=1S/C20H19F3N4S2/c21-20(22,23)18-12-16(17-2-1-11-28-17)25-19(26-18)29-13-14-3-5-15(6-4-14)27-9-7-24-8-10-27/h1-6,11-12,24H,7-10,13H2. The fraction of sp³-hybridized carbons (Fsp3) is 0.300. The predicted octanol–water partition coefficient (Wildman–Crippen LogP) is 4.93. The van der Waals surface area contributed by atoms with Crippen molar-refractivity contribution in [2.24, 2.45) is 0 Å². The van der Waals surface area contributed by atoms with Gasteiger partial charge in [0, 0.05) is 37.6 Å². The summed E-state index contributed by atoms with van der Waals surface area (Å²) < 4.78 is 39.8. The first kappa shape index (κ1) is 20.2. The summed E-state index contributed by atoms with van der Waals surface area (Å²) in [5, 5.41) is 5.28. The van der Waals surface area contributed by atoms with Crippen molar-refractivity contribution >= 4 is 28.8 Å². The van der Waals surface area contributed by atoms with E-state index in [2.05, 4.69) is 32.3 Å². The zero-order valence-corrected chi connectivity index (χ0v) is 17.1. The number of piperazine rings is 1. The molecule has 0 amide bonds. The van der Waals surface area contributed by atoms with Crippen LogP contribution in [0.15, 0.2) is 53.0 Å². The van der Waals surface area contributed by atoms with Gasteiger partial charge >= 0.3 is 6.18 Å². The molecule has 152 valence electrons. The Morgan fingerprint density at radius 1 is 1.07 bits per heavy atom. The molecular weight excluding hydrogens is 417 g/mol. The van der Waals surface area contributed by atoms with Crippen molar-refractivity contribution < 1.29 is 13.2 Å². The monoisotopic (exact) mass is 436 g/mol. The molecule has 3 heterocycles. The van der Waals surface area contributed by atoms with Crippen LogP contribution in [0.2, 0.25) is 0 Å². The number of thioether (sulfide) groups is 1. The number of nitrogens with zero attached hydrogens (tertiary/aromatic N) is 3. The van der Waals surface area contributed by atoms with Gasteiger partial charge in [0.05, 0.1) is 10.6 Å². The second kappa shape index (κ2) is 8.73. The van der Waals surface area contributed by atoms with Crippen molar-refractivity contribution in [1.29, 1.82) is 0 Å². The molecule has 0 unspecified atom stereocenters. The zero-order valence-electron chi connectivity index (χ0n) is 15.4. The molecule has 3 aromatic rings. The first-order valence-electron chi connectivity index (χ1n) is 9.16. The molecule has 0 bridgehead atoms. The van der Waals surface area contributed by atoms with Crippen LogP contribution in [0.3, 0.4) is 0 Å². The zero-order chi connectivity index (χ0) is 20.3. The van der Waals surface area contributed by atoms with E-state index in [1.165, 1.54) is 23.1 Å². The van der Waals surface area contributed by atoms with E-state index in [1.807, 2.05) is 17.5 Å². The maximum absolute atomic E-state index is 13.3. The highest BCUT2D eigenvalue weighted by molar-refractivity contribution is 7.98. The number of rotatable bonds is 5. The van der Waals surface area contributed by atoms with Crippen LogP contribution in [0.25, 0.3) is 10.6 Å². The van der Waals surface area contributed by atoms with Crippen LogP contribution in [0, 0.1) is 0 Å². The first-order valence-corrected chi connectivity index (χ1v) is 11.0. The second-order valence-corrected chi connectivity index (χ2v) is 8.48. The SMILES string of the molecule is FC(F)(F)c1cc(-c2cccs2)nc(SCc2ccc(N3CCNCC3)cc2)n1. The summed E-state index contributed by atoms with van der Waals surface area (Å²) in [6, 6.07) is 12.7. The van der Waals surface area contributed by atoms with Gasteiger partial charge in [-0.2, -0.15) is 13.2 Å². The summed E-state index contributed by atoms with van der Waals surface area (Å²) in [7, 11) is 0. The second-order valence-electron chi connectivity index (χ2n) is 6.59. The molecule has 0 saturated carbocycles. The molecule has 1 aromatic carbocycles. The largest absolute Gasteiger partial charge is 0.433 e. The van der Waals surface area contributed by atoms with Crippen molar-refractivity contribution in [3.8, 4) is 10.6 Å². The van der Waals surface area contributed by atoms with Crippen LogP contribution in [0.4, 0.5) is 18.9 Å². The molecule has 2 aromatic heterocycles. The van der Waals surface area contributed by atoms with Gasteiger partial charge in [0.1, 0.15) is 5.69 Å². The van der Waals surface area contributed by atoms with E-state index in [0.29, 0.717) is 16.3 Å². The summed E-state index contributed by atoms with van der Waals surface area (Å²) in [5.74, 6) is 0.507. The van der Waals surface area contributed by atoms with Gasteiger partial charge in [-0.1, -0.05) is 30.0 Å². The number of hydrogen-bond donors (Lipinski definition) is 1. The normalized spacial score (nSPS) is 14.9. The Bertz CT molecular complexity index is 937. The molecule has 0 atom stereocenters.